The molecule has 0 atom stereocenters. The third kappa shape index (κ3) is 4.36. The van der Waals surface area contributed by atoms with Crippen LogP contribution in [-0.4, -0.2) is 5.78 Å². The Bertz CT molecular complexity index is 389. The standard InChI is InChI=1S/C11H11Cl2NO/c1-7(14)2-11(15)5-8-3-9(12)6-10(13)4-8/h2-4,6H,5,14H2,1H3/b7-2-. The van der Waals surface area contributed by atoms with Gasteiger partial charge < -0.3 is 5.73 Å². The van der Waals surface area contributed by atoms with Gasteiger partial charge in [-0.15, -0.1) is 0 Å². The highest BCUT2D eigenvalue weighted by Crippen LogP contribution is 2.19. The molecular weight excluding hydrogens is 233 g/mol. The first kappa shape index (κ1) is 12.1. The normalized spacial score (nSPS) is 11.5. The van der Waals surface area contributed by atoms with Crippen LogP contribution in [0.4, 0.5) is 0 Å². The molecule has 0 aliphatic heterocycles. The van der Waals surface area contributed by atoms with Crippen molar-refractivity contribution in [2.45, 2.75) is 13.3 Å². The number of hydrogen-bond donors (Lipinski definition) is 1. The minimum atomic E-state index is -0.0617. The number of halogens is 2. The maximum Gasteiger partial charge on any atom is 0.161 e. The van der Waals surface area contributed by atoms with Gasteiger partial charge in [0.2, 0.25) is 0 Å². The first-order valence-corrected chi connectivity index (χ1v) is 5.14. The lowest BCUT2D eigenvalue weighted by atomic mass is 10.1. The van der Waals surface area contributed by atoms with Crippen molar-refractivity contribution < 1.29 is 4.79 Å². The zero-order chi connectivity index (χ0) is 11.4. The average Bonchev–Trinajstić information content (AvgIpc) is 1.98. The van der Waals surface area contributed by atoms with Crippen molar-refractivity contribution in [3.8, 4) is 0 Å². The Kier molecular flexibility index (Phi) is 4.18. The van der Waals surface area contributed by atoms with Crippen LogP contribution in [0.1, 0.15) is 12.5 Å². The molecule has 1 aromatic rings. The van der Waals surface area contributed by atoms with E-state index in [0.717, 1.165) is 5.56 Å². The topological polar surface area (TPSA) is 43.1 Å². The van der Waals surface area contributed by atoms with Crippen LogP contribution in [0, 0.1) is 0 Å². The summed E-state index contributed by atoms with van der Waals surface area (Å²) in [6, 6.07) is 5.05. The lowest BCUT2D eigenvalue weighted by Crippen LogP contribution is -2.02. The molecule has 2 nitrogen and oxygen atoms in total. The SMILES string of the molecule is C/C(N)=C/C(=O)Cc1cc(Cl)cc(Cl)c1. The fourth-order valence-corrected chi connectivity index (χ4v) is 1.79. The summed E-state index contributed by atoms with van der Waals surface area (Å²) in [5, 5.41) is 1.05. The van der Waals surface area contributed by atoms with Crippen LogP contribution in [0.2, 0.25) is 10.0 Å². The monoisotopic (exact) mass is 243 g/mol. The molecule has 0 aliphatic rings. The second-order valence-corrected chi connectivity index (χ2v) is 4.18. The van der Waals surface area contributed by atoms with Crippen molar-refractivity contribution in [2.75, 3.05) is 0 Å². The zero-order valence-corrected chi connectivity index (χ0v) is 9.77. The summed E-state index contributed by atoms with van der Waals surface area (Å²) in [5.74, 6) is -0.0617. The Morgan fingerprint density at radius 3 is 2.33 bits per heavy atom. The Morgan fingerprint density at radius 2 is 1.87 bits per heavy atom. The Morgan fingerprint density at radius 1 is 1.33 bits per heavy atom. The van der Waals surface area contributed by atoms with Gasteiger partial charge in [0.05, 0.1) is 0 Å². The van der Waals surface area contributed by atoms with E-state index in [4.69, 9.17) is 28.9 Å². The number of allylic oxidation sites excluding steroid dienone is 2. The summed E-state index contributed by atoms with van der Waals surface area (Å²) in [4.78, 5) is 11.4. The predicted molar refractivity (Wildman–Crippen MR) is 63.1 cm³/mol. The van der Waals surface area contributed by atoms with E-state index >= 15 is 0 Å². The maximum atomic E-state index is 11.4. The van der Waals surface area contributed by atoms with E-state index in [-0.39, 0.29) is 12.2 Å². The molecule has 1 aromatic carbocycles. The number of carbonyl (C=O) groups excluding carboxylic acids is 1. The molecule has 80 valence electrons. The van der Waals surface area contributed by atoms with Gasteiger partial charge in [-0.05, 0) is 36.8 Å². The van der Waals surface area contributed by atoms with E-state index < -0.39 is 0 Å². The molecule has 0 saturated carbocycles. The summed E-state index contributed by atoms with van der Waals surface area (Å²) in [6.45, 7) is 1.67. The number of ketones is 1. The molecule has 0 spiro atoms. The van der Waals surface area contributed by atoms with E-state index in [0.29, 0.717) is 15.7 Å². The van der Waals surface area contributed by atoms with Gasteiger partial charge in [-0.25, -0.2) is 0 Å². The molecule has 0 radical (unpaired) electrons. The molecule has 0 bridgehead atoms. The van der Waals surface area contributed by atoms with Gasteiger partial charge in [0.25, 0.3) is 0 Å². The summed E-state index contributed by atoms with van der Waals surface area (Å²) < 4.78 is 0. The molecule has 4 heteroatoms. The van der Waals surface area contributed by atoms with Crippen molar-refractivity contribution in [1.82, 2.24) is 0 Å². The number of hydrogen-bond acceptors (Lipinski definition) is 2. The van der Waals surface area contributed by atoms with E-state index in [2.05, 4.69) is 0 Å². The number of nitrogens with two attached hydrogens (primary N) is 1. The first-order valence-electron chi connectivity index (χ1n) is 4.39. The lowest BCUT2D eigenvalue weighted by Gasteiger charge is -2.00. The minimum absolute atomic E-state index is 0.0617. The molecule has 0 aromatic heterocycles. The van der Waals surface area contributed by atoms with Crippen molar-refractivity contribution in [1.29, 1.82) is 0 Å². The summed E-state index contributed by atoms with van der Waals surface area (Å²) >= 11 is 11.6. The third-order valence-electron chi connectivity index (χ3n) is 1.69. The lowest BCUT2D eigenvalue weighted by molar-refractivity contribution is -0.114. The maximum absolute atomic E-state index is 11.4. The Balaban J connectivity index is 2.81. The second-order valence-electron chi connectivity index (χ2n) is 3.31. The van der Waals surface area contributed by atoms with E-state index in [1.165, 1.54) is 6.08 Å². The van der Waals surface area contributed by atoms with Gasteiger partial charge >= 0.3 is 0 Å². The highest BCUT2D eigenvalue weighted by atomic mass is 35.5. The smallest absolute Gasteiger partial charge is 0.161 e. The number of rotatable bonds is 3. The van der Waals surface area contributed by atoms with Crippen molar-refractivity contribution >= 4 is 29.0 Å². The van der Waals surface area contributed by atoms with Crippen LogP contribution in [0.3, 0.4) is 0 Å². The van der Waals surface area contributed by atoms with E-state index in [1.807, 2.05) is 0 Å². The number of benzene rings is 1. The molecule has 0 amide bonds. The van der Waals surface area contributed by atoms with Crippen LogP contribution >= 0.6 is 23.2 Å². The summed E-state index contributed by atoms with van der Waals surface area (Å²) in [6.07, 6.45) is 1.66. The summed E-state index contributed by atoms with van der Waals surface area (Å²) in [7, 11) is 0. The molecule has 0 heterocycles. The van der Waals surface area contributed by atoms with Crippen LogP contribution in [0.15, 0.2) is 30.0 Å². The molecule has 1 rings (SSSR count). The average molecular weight is 244 g/mol. The quantitative estimate of drug-likeness (QED) is 0.830. The van der Waals surface area contributed by atoms with Crippen molar-refractivity contribution in [2.24, 2.45) is 5.73 Å². The van der Waals surface area contributed by atoms with Crippen LogP contribution in [0.25, 0.3) is 0 Å². The Hall–Kier alpha value is -0.990. The zero-order valence-electron chi connectivity index (χ0n) is 8.26. The molecule has 2 N–H and O–H groups in total. The molecule has 0 saturated heterocycles. The third-order valence-corrected chi connectivity index (χ3v) is 2.13. The second kappa shape index (κ2) is 5.19. The molecule has 0 fully saturated rings. The van der Waals surface area contributed by atoms with Crippen LogP contribution in [-0.2, 0) is 11.2 Å². The molecule has 0 aliphatic carbocycles. The van der Waals surface area contributed by atoms with Gasteiger partial charge in [-0.3, -0.25) is 4.79 Å². The van der Waals surface area contributed by atoms with Gasteiger partial charge in [-0.2, -0.15) is 0 Å². The number of carbonyl (C=O) groups is 1. The van der Waals surface area contributed by atoms with E-state index in [9.17, 15) is 4.79 Å². The van der Waals surface area contributed by atoms with Gasteiger partial charge in [0.1, 0.15) is 0 Å². The molecule has 15 heavy (non-hydrogen) atoms. The predicted octanol–water partition coefficient (Wildman–Crippen LogP) is 2.97. The first-order chi connectivity index (χ1) is 6.97. The van der Waals surface area contributed by atoms with Crippen LogP contribution in [0.5, 0.6) is 0 Å². The van der Waals surface area contributed by atoms with Gasteiger partial charge in [0, 0.05) is 22.2 Å². The highest BCUT2D eigenvalue weighted by Gasteiger charge is 2.03. The summed E-state index contributed by atoms with van der Waals surface area (Å²) in [5.41, 5.74) is 6.68. The fourth-order valence-electron chi connectivity index (χ4n) is 1.22. The molecule has 0 unspecified atom stereocenters. The molecular formula is C11H11Cl2NO. The van der Waals surface area contributed by atoms with Crippen LogP contribution < -0.4 is 5.73 Å². The van der Waals surface area contributed by atoms with Crippen molar-refractivity contribution in [3.63, 3.8) is 0 Å². The van der Waals surface area contributed by atoms with Gasteiger partial charge in [0.15, 0.2) is 5.78 Å². The van der Waals surface area contributed by atoms with Crippen molar-refractivity contribution in [3.05, 3.63) is 45.6 Å². The fraction of sp³-hybridized carbons (Fsp3) is 0.182. The van der Waals surface area contributed by atoms with Gasteiger partial charge in [-0.1, -0.05) is 23.2 Å². The minimum Gasteiger partial charge on any atom is -0.402 e. The largest absolute Gasteiger partial charge is 0.402 e. The Labute approximate surface area is 98.7 Å². The highest BCUT2D eigenvalue weighted by molar-refractivity contribution is 6.34. The van der Waals surface area contributed by atoms with E-state index in [1.54, 1.807) is 25.1 Å².